The molecular weight excluding hydrogens is 733 g/mol. The van der Waals surface area contributed by atoms with E-state index in [-0.39, 0.29) is 5.41 Å². The number of fused-ring (bicyclic) bond motifs is 11. The molecule has 5 aliphatic rings. The molecule has 59 heavy (non-hydrogen) atoms. The third kappa shape index (κ3) is 4.46. The van der Waals surface area contributed by atoms with Crippen LogP contribution in [0.4, 0.5) is 0 Å². The van der Waals surface area contributed by atoms with Crippen LogP contribution in [0.1, 0.15) is 43.2 Å². The van der Waals surface area contributed by atoms with E-state index in [9.17, 15) is 0 Å². The first kappa shape index (κ1) is 32.8. The van der Waals surface area contributed by atoms with Gasteiger partial charge in [-0.25, -0.2) is 9.97 Å². The van der Waals surface area contributed by atoms with E-state index in [4.69, 9.17) is 9.97 Å². The third-order valence-electron chi connectivity index (χ3n) is 15.2. The second kappa shape index (κ2) is 12.0. The van der Waals surface area contributed by atoms with Crippen LogP contribution in [0, 0.1) is 23.7 Å². The Hall–Kier alpha value is -6.16. The molecule has 4 fully saturated rings. The van der Waals surface area contributed by atoms with Gasteiger partial charge in [-0.1, -0.05) is 127 Å². The second-order valence-electron chi connectivity index (χ2n) is 18.1. The van der Waals surface area contributed by atoms with Gasteiger partial charge in [0, 0.05) is 42.1 Å². The fraction of sp³-hybridized carbons (Fsp3) is 0.179. The molecule has 3 heteroatoms. The highest BCUT2D eigenvalue weighted by Crippen LogP contribution is 2.71. The molecule has 5 aliphatic carbocycles. The Kier molecular flexibility index (Phi) is 6.64. The van der Waals surface area contributed by atoms with Crippen LogP contribution < -0.4 is 0 Å². The summed E-state index contributed by atoms with van der Waals surface area (Å²) in [6, 6.07) is 59.2. The van der Waals surface area contributed by atoms with Gasteiger partial charge >= 0.3 is 0 Å². The SMILES string of the molecule is c1ccc(-c2nc3c(ccc4ccccc43)nc2-c2cc(-c3ccc4c(c3)sc3ccccc34)c3c(c2)C2(c4c-3ccc3ccccc43)C3CC4CC(C3)CC2C4)cc1. The first-order valence-electron chi connectivity index (χ1n) is 21.6. The highest BCUT2D eigenvalue weighted by molar-refractivity contribution is 7.25. The van der Waals surface area contributed by atoms with Crippen LogP contribution >= 0.6 is 11.3 Å². The maximum atomic E-state index is 5.67. The number of nitrogens with zero attached hydrogens (tertiary/aromatic N) is 2. The Morgan fingerprint density at radius 1 is 0.458 bits per heavy atom. The summed E-state index contributed by atoms with van der Waals surface area (Å²) in [6.45, 7) is 0. The lowest BCUT2D eigenvalue weighted by Gasteiger charge is -2.61. The maximum Gasteiger partial charge on any atom is 0.0973 e. The zero-order chi connectivity index (χ0) is 38.4. The molecular formula is C56H40N2S. The summed E-state index contributed by atoms with van der Waals surface area (Å²) in [5.74, 6) is 2.96. The Balaban J connectivity index is 1.12. The van der Waals surface area contributed by atoms with Crippen LogP contribution in [0.5, 0.6) is 0 Å². The summed E-state index contributed by atoms with van der Waals surface area (Å²) in [5, 5.41) is 7.82. The molecule has 15 rings (SSSR count). The lowest BCUT2D eigenvalue weighted by atomic mass is 9.43. The lowest BCUT2D eigenvalue weighted by molar-refractivity contribution is -0.0393. The monoisotopic (exact) mass is 772 g/mol. The molecule has 10 aromatic rings. The topological polar surface area (TPSA) is 25.8 Å². The molecule has 0 saturated heterocycles. The van der Waals surface area contributed by atoms with Gasteiger partial charge in [0.25, 0.3) is 0 Å². The number of hydrogen-bond donors (Lipinski definition) is 0. The average Bonchev–Trinajstić information content (AvgIpc) is 3.81. The van der Waals surface area contributed by atoms with Crippen LogP contribution in [0.25, 0.3) is 97.5 Å². The molecule has 0 atom stereocenters. The maximum absolute atomic E-state index is 5.67. The molecule has 1 spiro atoms. The Labute approximate surface area is 347 Å². The van der Waals surface area contributed by atoms with Crippen LogP contribution in [-0.2, 0) is 5.41 Å². The van der Waals surface area contributed by atoms with Crippen LogP contribution in [0.15, 0.2) is 158 Å². The van der Waals surface area contributed by atoms with Gasteiger partial charge in [-0.2, -0.15) is 0 Å². The van der Waals surface area contributed by atoms with Crippen molar-refractivity contribution in [2.24, 2.45) is 23.7 Å². The molecule has 0 N–H and O–H groups in total. The highest BCUT2D eigenvalue weighted by Gasteiger charge is 2.62. The van der Waals surface area contributed by atoms with Crippen molar-refractivity contribution in [2.75, 3.05) is 0 Å². The Morgan fingerprint density at radius 3 is 1.93 bits per heavy atom. The summed E-state index contributed by atoms with van der Waals surface area (Å²) in [4.78, 5) is 11.3. The van der Waals surface area contributed by atoms with Gasteiger partial charge in [-0.15, -0.1) is 11.3 Å². The Bertz CT molecular complexity index is 3380. The van der Waals surface area contributed by atoms with Gasteiger partial charge in [0.1, 0.15) is 0 Å². The van der Waals surface area contributed by atoms with E-state index in [2.05, 4.69) is 158 Å². The molecule has 0 aliphatic heterocycles. The third-order valence-corrected chi connectivity index (χ3v) is 16.3. The number of benzene rings is 8. The normalized spacial score (nSPS) is 22.6. The zero-order valence-corrected chi connectivity index (χ0v) is 33.5. The minimum atomic E-state index is -0.0428. The second-order valence-corrected chi connectivity index (χ2v) is 19.2. The summed E-state index contributed by atoms with van der Waals surface area (Å²) in [7, 11) is 0. The zero-order valence-electron chi connectivity index (χ0n) is 32.7. The molecule has 2 aromatic heterocycles. The molecule has 4 saturated carbocycles. The summed E-state index contributed by atoms with van der Waals surface area (Å²) in [5.41, 5.74) is 14.7. The van der Waals surface area contributed by atoms with Crippen LogP contribution in [0.2, 0.25) is 0 Å². The molecule has 0 amide bonds. The predicted molar refractivity (Wildman–Crippen MR) is 247 cm³/mol. The smallest absolute Gasteiger partial charge is 0.0973 e. The van der Waals surface area contributed by atoms with Crippen molar-refractivity contribution in [1.29, 1.82) is 0 Å². The van der Waals surface area contributed by atoms with E-state index < -0.39 is 0 Å². The van der Waals surface area contributed by atoms with Crippen molar-refractivity contribution in [3.8, 4) is 44.8 Å². The lowest BCUT2D eigenvalue weighted by Crippen LogP contribution is -2.55. The van der Waals surface area contributed by atoms with E-state index in [1.54, 1.807) is 11.1 Å². The predicted octanol–water partition coefficient (Wildman–Crippen LogP) is 15.0. The number of hydrogen-bond acceptors (Lipinski definition) is 3. The van der Waals surface area contributed by atoms with E-state index in [0.29, 0.717) is 11.8 Å². The van der Waals surface area contributed by atoms with Crippen molar-refractivity contribution in [3.63, 3.8) is 0 Å². The number of thiophene rings is 1. The number of rotatable bonds is 3. The van der Waals surface area contributed by atoms with Gasteiger partial charge < -0.3 is 0 Å². The number of aromatic nitrogens is 2. The van der Waals surface area contributed by atoms with Gasteiger partial charge in [0.2, 0.25) is 0 Å². The minimum absolute atomic E-state index is 0.0428. The first-order chi connectivity index (χ1) is 29.2. The molecule has 8 aromatic carbocycles. The molecule has 0 unspecified atom stereocenters. The van der Waals surface area contributed by atoms with Gasteiger partial charge in [-0.3, -0.25) is 0 Å². The van der Waals surface area contributed by atoms with E-state index in [1.807, 2.05) is 11.3 Å². The van der Waals surface area contributed by atoms with Crippen molar-refractivity contribution < 1.29 is 0 Å². The van der Waals surface area contributed by atoms with E-state index in [0.717, 1.165) is 45.2 Å². The molecule has 4 bridgehead atoms. The van der Waals surface area contributed by atoms with Crippen LogP contribution in [0.3, 0.4) is 0 Å². The molecule has 2 nitrogen and oxygen atoms in total. The van der Waals surface area contributed by atoms with Gasteiger partial charge in [0.15, 0.2) is 0 Å². The van der Waals surface area contributed by atoms with Crippen molar-refractivity contribution in [2.45, 2.75) is 37.5 Å². The van der Waals surface area contributed by atoms with Crippen molar-refractivity contribution in [1.82, 2.24) is 9.97 Å². The van der Waals surface area contributed by atoms with E-state index >= 15 is 0 Å². The largest absolute Gasteiger partial charge is 0.244 e. The van der Waals surface area contributed by atoms with Crippen LogP contribution in [-0.4, -0.2) is 9.97 Å². The average molecular weight is 773 g/mol. The molecule has 280 valence electrons. The minimum Gasteiger partial charge on any atom is -0.244 e. The fourth-order valence-electron chi connectivity index (χ4n) is 13.1. The van der Waals surface area contributed by atoms with Gasteiger partial charge in [-0.05, 0) is 136 Å². The summed E-state index contributed by atoms with van der Waals surface area (Å²) < 4.78 is 2.68. The quantitative estimate of drug-likeness (QED) is 0.167. The molecule has 2 heterocycles. The van der Waals surface area contributed by atoms with Gasteiger partial charge in [0.05, 0.1) is 22.4 Å². The van der Waals surface area contributed by atoms with E-state index in [1.165, 1.54) is 96.3 Å². The summed E-state index contributed by atoms with van der Waals surface area (Å²) >= 11 is 1.91. The highest BCUT2D eigenvalue weighted by atomic mass is 32.1. The van der Waals surface area contributed by atoms with Crippen molar-refractivity contribution in [3.05, 3.63) is 169 Å². The first-order valence-corrected chi connectivity index (χ1v) is 22.4. The standard InChI is InChI=1S/C56H40N2S/c1-2-12-36(13-3-1)53-54(57-48-23-20-35-11-5-7-15-42(35)55(48)58-53)38-29-46(37-19-21-44-43-16-8-9-17-49(43)59-50(44)31-37)51-45-22-18-34-10-4-6-14-41(34)52(45)56(47(51)30-38)39-25-32-24-33(27-39)28-40(56)26-32/h1-23,29-33,39-40H,24-28H2. The fourth-order valence-corrected chi connectivity index (χ4v) is 14.3. The van der Waals surface area contributed by atoms with Crippen molar-refractivity contribution >= 4 is 64.1 Å². The molecule has 0 radical (unpaired) electrons. The summed E-state index contributed by atoms with van der Waals surface area (Å²) in [6.07, 6.45) is 6.77. The Morgan fingerprint density at radius 2 is 1.12 bits per heavy atom.